The summed E-state index contributed by atoms with van der Waals surface area (Å²) in [5.74, 6) is 0.226. The summed E-state index contributed by atoms with van der Waals surface area (Å²) in [6.45, 7) is 5.69. The molecule has 1 atom stereocenters. The normalized spacial score (nSPS) is 20.1. The number of benzene rings is 2. The monoisotopic (exact) mass is 446 g/mol. The average molecular weight is 447 g/mol. The molecule has 1 fully saturated rings. The number of nitrogens with one attached hydrogen (secondary N) is 1. The van der Waals surface area contributed by atoms with Gasteiger partial charge < -0.3 is 20.0 Å². The third-order valence-electron chi connectivity index (χ3n) is 6.11. The number of halogens is 2. The summed E-state index contributed by atoms with van der Waals surface area (Å²) < 4.78 is 0. The van der Waals surface area contributed by atoms with Crippen LogP contribution < -0.4 is 5.32 Å². The van der Waals surface area contributed by atoms with Crippen LogP contribution in [0.25, 0.3) is 0 Å². The number of urea groups is 1. The van der Waals surface area contributed by atoms with Gasteiger partial charge >= 0.3 is 6.03 Å². The second-order valence-electron chi connectivity index (χ2n) is 8.40. The lowest BCUT2D eigenvalue weighted by Crippen LogP contribution is -2.50. The first-order valence-corrected chi connectivity index (χ1v) is 11.1. The maximum Gasteiger partial charge on any atom is 0.317 e. The second-order valence-corrected chi connectivity index (χ2v) is 9.24. The Labute approximate surface area is 188 Å². The zero-order valence-corrected chi connectivity index (χ0v) is 19.0. The smallest absolute Gasteiger partial charge is 0.317 e. The van der Waals surface area contributed by atoms with Crippen molar-refractivity contribution >= 4 is 29.2 Å². The number of piperazine rings is 1. The lowest BCUT2D eigenvalue weighted by molar-refractivity contribution is 0.154. The Morgan fingerprint density at radius 2 is 1.73 bits per heavy atom. The fourth-order valence-corrected chi connectivity index (χ4v) is 4.87. The summed E-state index contributed by atoms with van der Waals surface area (Å²) in [6.07, 6.45) is 0. The van der Waals surface area contributed by atoms with Crippen molar-refractivity contribution in [2.75, 3.05) is 46.8 Å². The van der Waals surface area contributed by atoms with Gasteiger partial charge in [-0.05, 0) is 48.5 Å². The van der Waals surface area contributed by atoms with Crippen molar-refractivity contribution in [1.29, 1.82) is 0 Å². The first kappa shape index (κ1) is 21.4. The molecule has 1 N–H and O–H groups in total. The van der Waals surface area contributed by atoms with E-state index in [0.717, 1.165) is 55.4 Å². The molecule has 0 radical (unpaired) electrons. The van der Waals surface area contributed by atoms with E-state index in [0.29, 0.717) is 11.6 Å². The van der Waals surface area contributed by atoms with Gasteiger partial charge in [0.1, 0.15) is 0 Å². The zero-order chi connectivity index (χ0) is 21.3. The summed E-state index contributed by atoms with van der Waals surface area (Å²) in [6, 6.07) is 12.4. The molecule has 2 aliphatic rings. The standard InChI is InChI=1S/C23H28Cl2N4O/c1-27-7-9-29(10-8-27)23(30)26-13-16-3-5-17(6-4-16)20-14-28(2)15-21-19(20)11-18(24)12-22(21)25/h3-6,11-12,20H,7-10,13-15H2,1-2H3,(H,26,30). The van der Waals surface area contributed by atoms with Crippen molar-refractivity contribution < 1.29 is 4.79 Å². The molecule has 2 amide bonds. The Morgan fingerprint density at radius 3 is 2.43 bits per heavy atom. The number of rotatable bonds is 3. The van der Waals surface area contributed by atoms with Crippen LogP contribution in [0.2, 0.25) is 10.0 Å². The molecule has 2 aromatic carbocycles. The summed E-state index contributed by atoms with van der Waals surface area (Å²) in [4.78, 5) is 18.8. The van der Waals surface area contributed by atoms with Crippen LogP contribution in [0.3, 0.4) is 0 Å². The highest BCUT2D eigenvalue weighted by atomic mass is 35.5. The Morgan fingerprint density at radius 1 is 1.03 bits per heavy atom. The predicted molar refractivity (Wildman–Crippen MR) is 122 cm³/mol. The van der Waals surface area contributed by atoms with E-state index in [-0.39, 0.29) is 11.9 Å². The van der Waals surface area contributed by atoms with Gasteiger partial charge in [-0.3, -0.25) is 0 Å². The van der Waals surface area contributed by atoms with Crippen molar-refractivity contribution in [2.24, 2.45) is 0 Å². The van der Waals surface area contributed by atoms with Gasteiger partial charge in [0, 0.05) is 61.8 Å². The molecule has 2 heterocycles. The van der Waals surface area contributed by atoms with Crippen molar-refractivity contribution in [3.8, 4) is 0 Å². The Bertz CT molecular complexity index is 910. The summed E-state index contributed by atoms with van der Waals surface area (Å²) in [5, 5.41) is 4.46. The van der Waals surface area contributed by atoms with Crippen LogP contribution in [-0.4, -0.2) is 67.5 Å². The van der Waals surface area contributed by atoms with Gasteiger partial charge in [0.05, 0.1) is 0 Å². The maximum atomic E-state index is 12.4. The van der Waals surface area contributed by atoms with Crippen molar-refractivity contribution in [3.63, 3.8) is 0 Å². The molecule has 30 heavy (non-hydrogen) atoms. The number of likely N-dealkylation sites (N-methyl/N-ethyl adjacent to an activating group) is 2. The van der Waals surface area contributed by atoms with Crippen molar-refractivity contribution in [2.45, 2.75) is 19.0 Å². The first-order valence-electron chi connectivity index (χ1n) is 10.4. The molecule has 5 nitrogen and oxygen atoms in total. The number of hydrogen-bond donors (Lipinski definition) is 1. The minimum Gasteiger partial charge on any atom is -0.334 e. The molecule has 2 aliphatic heterocycles. The molecule has 0 aromatic heterocycles. The van der Waals surface area contributed by atoms with Gasteiger partial charge in [-0.1, -0.05) is 47.5 Å². The first-order chi connectivity index (χ1) is 14.4. The van der Waals surface area contributed by atoms with Crippen LogP contribution in [0.4, 0.5) is 4.79 Å². The number of carbonyl (C=O) groups excluding carboxylic acids is 1. The predicted octanol–water partition coefficient (Wildman–Crippen LogP) is 4.03. The summed E-state index contributed by atoms with van der Waals surface area (Å²) in [7, 11) is 4.20. The highest BCUT2D eigenvalue weighted by Gasteiger charge is 2.27. The lowest BCUT2D eigenvalue weighted by atomic mass is 9.84. The number of carbonyl (C=O) groups is 1. The molecule has 0 bridgehead atoms. The minimum atomic E-state index is 0.0132. The van der Waals surface area contributed by atoms with Crippen LogP contribution in [0.15, 0.2) is 36.4 Å². The van der Waals surface area contributed by atoms with E-state index < -0.39 is 0 Å². The van der Waals surface area contributed by atoms with Crippen LogP contribution in [0, 0.1) is 0 Å². The molecule has 7 heteroatoms. The van der Waals surface area contributed by atoms with E-state index in [1.165, 1.54) is 11.1 Å². The van der Waals surface area contributed by atoms with Gasteiger partial charge in [0.25, 0.3) is 0 Å². The maximum absolute atomic E-state index is 12.4. The third-order valence-corrected chi connectivity index (χ3v) is 6.66. The molecular formula is C23H28Cl2N4O. The van der Waals surface area contributed by atoms with Gasteiger partial charge in [0.15, 0.2) is 0 Å². The molecule has 0 saturated carbocycles. The quantitative estimate of drug-likeness (QED) is 0.773. The van der Waals surface area contributed by atoms with E-state index in [4.69, 9.17) is 23.2 Å². The number of nitrogens with zero attached hydrogens (tertiary/aromatic N) is 3. The molecule has 0 aliphatic carbocycles. The fraction of sp³-hybridized carbons (Fsp3) is 0.435. The van der Waals surface area contributed by atoms with Gasteiger partial charge in [-0.2, -0.15) is 0 Å². The second kappa shape index (κ2) is 9.15. The lowest BCUT2D eigenvalue weighted by Gasteiger charge is -2.33. The molecule has 160 valence electrons. The van der Waals surface area contributed by atoms with E-state index >= 15 is 0 Å². The topological polar surface area (TPSA) is 38.8 Å². The highest BCUT2D eigenvalue weighted by Crippen LogP contribution is 2.38. The van der Waals surface area contributed by atoms with Gasteiger partial charge in [-0.15, -0.1) is 0 Å². The average Bonchev–Trinajstić information content (AvgIpc) is 2.73. The van der Waals surface area contributed by atoms with E-state index in [2.05, 4.69) is 53.5 Å². The van der Waals surface area contributed by atoms with Crippen LogP contribution >= 0.6 is 23.2 Å². The van der Waals surface area contributed by atoms with Gasteiger partial charge in [-0.25, -0.2) is 4.79 Å². The summed E-state index contributed by atoms with van der Waals surface area (Å²) in [5.41, 5.74) is 4.69. The minimum absolute atomic E-state index is 0.0132. The SMILES string of the molecule is CN1CCN(C(=O)NCc2ccc(C3CN(C)Cc4c(Cl)cc(Cl)cc43)cc2)CC1. The summed E-state index contributed by atoms with van der Waals surface area (Å²) >= 11 is 12.8. The molecular weight excluding hydrogens is 419 g/mol. The van der Waals surface area contributed by atoms with Crippen molar-refractivity contribution in [1.82, 2.24) is 20.0 Å². The Balaban J connectivity index is 1.44. The van der Waals surface area contributed by atoms with E-state index in [1.54, 1.807) is 0 Å². The third kappa shape index (κ3) is 4.75. The largest absolute Gasteiger partial charge is 0.334 e. The van der Waals surface area contributed by atoms with Gasteiger partial charge in [0.2, 0.25) is 0 Å². The Hall–Kier alpha value is -1.79. The molecule has 1 saturated heterocycles. The fourth-order valence-electron chi connectivity index (χ4n) is 4.30. The highest BCUT2D eigenvalue weighted by molar-refractivity contribution is 6.35. The molecule has 4 rings (SSSR count). The molecule has 0 spiro atoms. The van der Waals surface area contributed by atoms with E-state index in [1.807, 2.05) is 17.0 Å². The molecule has 1 unspecified atom stereocenters. The zero-order valence-electron chi connectivity index (χ0n) is 17.5. The van der Waals surface area contributed by atoms with E-state index in [9.17, 15) is 4.79 Å². The number of fused-ring (bicyclic) bond motifs is 1. The number of amides is 2. The van der Waals surface area contributed by atoms with Crippen LogP contribution in [-0.2, 0) is 13.1 Å². The molecule has 2 aromatic rings. The Kier molecular flexibility index (Phi) is 6.54. The number of hydrogen-bond acceptors (Lipinski definition) is 3. The van der Waals surface area contributed by atoms with Crippen LogP contribution in [0.1, 0.15) is 28.2 Å². The van der Waals surface area contributed by atoms with Crippen LogP contribution in [0.5, 0.6) is 0 Å². The van der Waals surface area contributed by atoms with Crippen molar-refractivity contribution in [3.05, 3.63) is 68.7 Å².